The van der Waals surface area contributed by atoms with E-state index in [4.69, 9.17) is 4.42 Å². The molecule has 1 atom stereocenters. The summed E-state index contributed by atoms with van der Waals surface area (Å²) < 4.78 is 5.33. The maximum Gasteiger partial charge on any atom is 0.191 e. The van der Waals surface area contributed by atoms with Crippen molar-refractivity contribution in [2.45, 2.75) is 12.5 Å². The average Bonchev–Trinajstić information content (AvgIpc) is 3.05. The Morgan fingerprint density at radius 3 is 2.81 bits per heavy atom. The van der Waals surface area contributed by atoms with Crippen molar-refractivity contribution in [1.82, 2.24) is 20.4 Å². The Kier molecular flexibility index (Phi) is 4.77. The van der Waals surface area contributed by atoms with E-state index in [0.717, 1.165) is 31.2 Å². The maximum atomic E-state index is 5.33. The monoisotopic (exact) mass is 291 g/mol. The van der Waals surface area contributed by atoms with E-state index >= 15 is 0 Å². The van der Waals surface area contributed by atoms with Crippen LogP contribution >= 0.6 is 0 Å². The summed E-state index contributed by atoms with van der Waals surface area (Å²) in [5.74, 6) is 1.88. The molecule has 0 radical (unpaired) electrons. The highest BCUT2D eigenvalue weighted by Gasteiger charge is 2.31. The number of furan rings is 1. The van der Waals surface area contributed by atoms with Gasteiger partial charge in [-0.2, -0.15) is 0 Å². The molecule has 1 aromatic rings. The van der Waals surface area contributed by atoms with Crippen LogP contribution in [0.3, 0.4) is 0 Å². The van der Waals surface area contributed by atoms with Crippen LogP contribution in [-0.4, -0.2) is 74.7 Å². The molecule has 1 unspecified atom stereocenters. The Morgan fingerprint density at radius 1 is 1.33 bits per heavy atom. The lowest BCUT2D eigenvalue weighted by atomic mass is 10.1. The molecule has 2 bridgehead atoms. The van der Waals surface area contributed by atoms with Crippen molar-refractivity contribution < 1.29 is 4.42 Å². The zero-order chi connectivity index (χ0) is 14.5. The Labute approximate surface area is 126 Å². The third-order valence-corrected chi connectivity index (χ3v) is 4.36. The molecular weight excluding hydrogens is 266 g/mol. The summed E-state index contributed by atoms with van der Waals surface area (Å²) in [4.78, 5) is 9.43. The number of hydrogen-bond acceptors (Lipinski definition) is 4. The number of hydrogen-bond donors (Lipinski definition) is 2. The fourth-order valence-corrected chi connectivity index (χ4v) is 3.11. The molecule has 3 fully saturated rings. The second kappa shape index (κ2) is 6.95. The minimum absolute atomic E-state index is 0.608. The summed E-state index contributed by atoms with van der Waals surface area (Å²) >= 11 is 0. The Bertz CT molecular complexity index is 451. The van der Waals surface area contributed by atoms with E-state index in [1.807, 2.05) is 19.2 Å². The first-order valence-corrected chi connectivity index (χ1v) is 7.78. The molecule has 6 heteroatoms. The third kappa shape index (κ3) is 3.77. The number of rotatable bonds is 5. The predicted octanol–water partition coefficient (Wildman–Crippen LogP) is -0.0131. The number of aliphatic imine (C=N–C) groups is 1. The van der Waals surface area contributed by atoms with E-state index in [0.29, 0.717) is 6.04 Å². The van der Waals surface area contributed by atoms with Crippen molar-refractivity contribution in [1.29, 1.82) is 0 Å². The summed E-state index contributed by atoms with van der Waals surface area (Å²) in [6.07, 6.45) is 2.58. The molecule has 3 saturated heterocycles. The molecule has 0 spiro atoms. The van der Waals surface area contributed by atoms with Gasteiger partial charge in [0.2, 0.25) is 0 Å². The van der Waals surface area contributed by atoms with E-state index in [1.54, 1.807) is 6.26 Å². The fourth-order valence-electron chi connectivity index (χ4n) is 3.11. The molecule has 2 N–H and O–H groups in total. The summed E-state index contributed by atoms with van der Waals surface area (Å²) in [5.41, 5.74) is 0. The molecule has 0 saturated carbocycles. The van der Waals surface area contributed by atoms with Gasteiger partial charge < -0.3 is 15.1 Å². The zero-order valence-corrected chi connectivity index (χ0v) is 12.7. The van der Waals surface area contributed by atoms with Gasteiger partial charge in [0.15, 0.2) is 5.96 Å². The van der Waals surface area contributed by atoms with Crippen LogP contribution in [0.5, 0.6) is 0 Å². The third-order valence-electron chi connectivity index (χ3n) is 4.36. The molecule has 4 heterocycles. The Morgan fingerprint density at radius 2 is 2.19 bits per heavy atom. The molecule has 116 valence electrons. The highest BCUT2D eigenvalue weighted by atomic mass is 16.3. The first-order valence-electron chi connectivity index (χ1n) is 7.78. The van der Waals surface area contributed by atoms with Gasteiger partial charge in [-0.1, -0.05) is 0 Å². The number of nitrogens with zero attached hydrogens (tertiary/aromatic N) is 3. The van der Waals surface area contributed by atoms with Crippen molar-refractivity contribution in [2.24, 2.45) is 4.99 Å². The van der Waals surface area contributed by atoms with E-state index in [9.17, 15) is 0 Å². The van der Waals surface area contributed by atoms with Crippen LogP contribution in [-0.2, 0) is 6.42 Å². The van der Waals surface area contributed by atoms with Gasteiger partial charge in [-0.05, 0) is 12.1 Å². The van der Waals surface area contributed by atoms with Crippen molar-refractivity contribution in [3.8, 4) is 0 Å². The van der Waals surface area contributed by atoms with E-state index in [1.165, 1.54) is 32.7 Å². The van der Waals surface area contributed by atoms with Crippen molar-refractivity contribution in [3.05, 3.63) is 24.2 Å². The van der Waals surface area contributed by atoms with Crippen LogP contribution in [0, 0.1) is 0 Å². The van der Waals surface area contributed by atoms with Gasteiger partial charge in [-0.3, -0.25) is 14.8 Å². The summed E-state index contributed by atoms with van der Waals surface area (Å²) in [6.45, 7) is 7.83. The second-order valence-electron chi connectivity index (χ2n) is 5.70. The van der Waals surface area contributed by atoms with Crippen LogP contribution in [0.25, 0.3) is 0 Å². The van der Waals surface area contributed by atoms with Gasteiger partial charge in [0.25, 0.3) is 0 Å². The van der Waals surface area contributed by atoms with Crippen molar-refractivity contribution in [2.75, 3.05) is 52.9 Å². The minimum Gasteiger partial charge on any atom is -0.469 e. The fraction of sp³-hybridized carbons (Fsp3) is 0.667. The molecule has 3 aliphatic heterocycles. The average molecular weight is 291 g/mol. The molecule has 0 aromatic carbocycles. The number of guanidine groups is 1. The normalized spacial score (nSPS) is 28.6. The van der Waals surface area contributed by atoms with Gasteiger partial charge in [0.05, 0.1) is 6.26 Å². The molecule has 0 amide bonds. The van der Waals surface area contributed by atoms with Gasteiger partial charge in [-0.15, -0.1) is 0 Å². The molecule has 1 aromatic heterocycles. The van der Waals surface area contributed by atoms with E-state index in [-0.39, 0.29) is 0 Å². The van der Waals surface area contributed by atoms with Crippen molar-refractivity contribution >= 4 is 5.96 Å². The highest BCUT2D eigenvalue weighted by Crippen LogP contribution is 2.14. The summed E-state index contributed by atoms with van der Waals surface area (Å²) in [5, 5.41) is 6.78. The second-order valence-corrected chi connectivity index (χ2v) is 5.70. The van der Waals surface area contributed by atoms with E-state index in [2.05, 4.69) is 25.4 Å². The van der Waals surface area contributed by atoms with Gasteiger partial charge >= 0.3 is 0 Å². The minimum atomic E-state index is 0.608. The first kappa shape index (κ1) is 14.4. The summed E-state index contributed by atoms with van der Waals surface area (Å²) in [7, 11) is 1.82. The molecule has 4 rings (SSSR count). The smallest absolute Gasteiger partial charge is 0.191 e. The first-order chi connectivity index (χ1) is 10.3. The lowest BCUT2D eigenvalue weighted by molar-refractivity contribution is 0.0154. The number of piperazine rings is 3. The molecule has 6 nitrogen and oxygen atoms in total. The van der Waals surface area contributed by atoms with Crippen LogP contribution in [0.15, 0.2) is 27.8 Å². The summed E-state index contributed by atoms with van der Waals surface area (Å²) in [6, 6.07) is 4.53. The van der Waals surface area contributed by atoms with Crippen LogP contribution in [0.4, 0.5) is 0 Å². The molecule has 21 heavy (non-hydrogen) atoms. The Balaban J connectivity index is 1.38. The highest BCUT2D eigenvalue weighted by molar-refractivity contribution is 5.79. The lowest BCUT2D eigenvalue weighted by Crippen LogP contribution is -2.63. The molecular formula is C15H25N5O. The lowest BCUT2D eigenvalue weighted by Gasteiger charge is -2.47. The topological polar surface area (TPSA) is 56.0 Å². The predicted molar refractivity (Wildman–Crippen MR) is 83.6 cm³/mol. The maximum absolute atomic E-state index is 5.33. The van der Waals surface area contributed by atoms with Crippen LogP contribution in [0.2, 0.25) is 0 Å². The van der Waals surface area contributed by atoms with E-state index < -0.39 is 0 Å². The largest absolute Gasteiger partial charge is 0.469 e. The Hall–Kier alpha value is -1.53. The zero-order valence-electron chi connectivity index (χ0n) is 12.7. The van der Waals surface area contributed by atoms with Crippen LogP contribution < -0.4 is 10.6 Å². The van der Waals surface area contributed by atoms with Gasteiger partial charge in [0, 0.05) is 65.3 Å². The number of nitrogens with one attached hydrogen (secondary N) is 2. The SMILES string of the molecule is CN=C(NCCc1ccco1)NCC1CN2CCN1CC2. The molecule has 0 aliphatic carbocycles. The standard InChI is InChI=1S/C15H25N5O/c1-16-15(17-5-4-14-3-2-10-21-14)18-11-13-12-19-6-8-20(13)9-7-19/h2-3,10,13H,4-9,11-12H2,1H3,(H2,16,17,18). The van der Waals surface area contributed by atoms with Crippen LogP contribution in [0.1, 0.15) is 5.76 Å². The van der Waals surface area contributed by atoms with Gasteiger partial charge in [-0.25, -0.2) is 0 Å². The van der Waals surface area contributed by atoms with Crippen molar-refractivity contribution in [3.63, 3.8) is 0 Å². The molecule has 3 aliphatic rings. The number of fused-ring (bicyclic) bond motifs is 3. The van der Waals surface area contributed by atoms with Gasteiger partial charge in [0.1, 0.15) is 5.76 Å². The quantitative estimate of drug-likeness (QED) is 0.590.